The van der Waals surface area contributed by atoms with Crippen LogP contribution >= 0.6 is 11.6 Å². The van der Waals surface area contributed by atoms with Crippen molar-refractivity contribution in [2.75, 3.05) is 6.61 Å². The normalized spacial score (nSPS) is 11.2. The van der Waals surface area contributed by atoms with Crippen LogP contribution in [0.3, 0.4) is 0 Å². The summed E-state index contributed by atoms with van der Waals surface area (Å²) in [6.07, 6.45) is 6.46. The summed E-state index contributed by atoms with van der Waals surface area (Å²) in [4.78, 5) is 0. The lowest BCUT2D eigenvalue weighted by atomic mass is 10.2. The van der Waals surface area contributed by atoms with Gasteiger partial charge in [-0.3, -0.25) is 0 Å². The van der Waals surface area contributed by atoms with E-state index >= 15 is 0 Å². The van der Waals surface area contributed by atoms with Crippen molar-refractivity contribution in [2.24, 2.45) is 0 Å². The molecule has 1 N–H and O–H groups in total. The van der Waals surface area contributed by atoms with Crippen LogP contribution in [0, 0.1) is 0 Å². The van der Waals surface area contributed by atoms with Crippen molar-refractivity contribution >= 4 is 22.5 Å². The maximum absolute atomic E-state index is 8.70. The van der Waals surface area contributed by atoms with Crippen LogP contribution in [-0.2, 0) is 6.54 Å². The molecule has 17 heavy (non-hydrogen) atoms. The van der Waals surface area contributed by atoms with Gasteiger partial charge in [-0.1, -0.05) is 30.5 Å². The molecule has 0 spiro atoms. The molecule has 2 aromatic rings. The lowest BCUT2D eigenvalue weighted by Crippen LogP contribution is -1.96. The van der Waals surface area contributed by atoms with Gasteiger partial charge in [-0.2, -0.15) is 0 Å². The van der Waals surface area contributed by atoms with E-state index in [1.54, 1.807) is 0 Å². The van der Waals surface area contributed by atoms with Crippen molar-refractivity contribution in [1.82, 2.24) is 4.57 Å². The van der Waals surface area contributed by atoms with E-state index in [9.17, 15) is 0 Å². The molecular formula is C14H18ClNO. The van der Waals surface area contributed by atoms with Crippen LogP contribution in [0.4, 0.5) is 0 Å². The Hall–Kier alpha value is -0.990. The van der Waals surface area contributed by atoms with Gasteiger partial charge in [0.1, 0.15) is 0 Å². The summed E-state index contributed by atoms with van der Waals surface area (Å²) in [7, 11) is 0. The number of nitrogens with zero attached hydrogens (tertiary/aromatic N) is 1. The Morgan fingerprint density at radius 2 is 1.88 bits per heavy atom. The van der Waals surface area contributed by atoms with Crippen LogP contribution in [0.15, 0.2) is 30.5 Å². The number of hydrogen-bond acceptors (Lipinski definition) is 1. The van der Waals surface area contributed by atoms with Gasteiger partial charge in [0.2, 0.25) is 0 Å². The Bertz CT molecular complexity index is 478. The Kier molecular flexibility index (Phi) is 4.46. The fraction of sp³-hybridized carbons (Fsp3) is 0.429. The second-order valence-electron chi connectivity index (χ2n) is 4.35. The topological polar surface area (TPSA) is 25.2 Å². The minimum atomic E-state index is 0.308. The lowest BCUT2D eigenvalue weighted by Gasteiger charge is -2.05. The summed E-state index contributed by atoms with van der Waals surface area (Å²) in [6, 6.07) is 8.12. The molecule has 0 saturated heterocycles. The van der Waals surface area contributed by atoms with Gasteiger partial charge in [0, 0.05) is 29.9 Å². The van der Waals surface area contributed by atoms with Gasteiger partial charge in [0.15, 0.2) is 0 Å². The number of benzene rings is 1. The van der Waals surface area contributed by atoms with Crippen molar-refractivity contribution in [3.8, 4) is 0 Å². The van der Waals surface area contributed by atoms with E-state index < -0.39 is 0 Å². The van der Waals surface area contributed by atoms with Gasteiger partial charge in [-0.15, -0.1) is 0 Å². The summed E-state index contributed by atoms with van der Waals surface area (Å²) in [5.41, 5.74) is 1.21. The van der Waals surface area contributed by atoms with Crippen LogP contribution in [0.5, 0.6) is 0 Å². The molecule has 0 fully saturated rings. The third kappa shape index (κ3) is 3.24. The number of fused-ring (bicyclic) bond motifs is 1. The molecule has 1 heterocycles. The fourth-order valence-corrected chi connectivity index (χ4v) is 2.27. The molecule has 0 saturated carbocycles. The molecule has 0 aliphatic carbocycles. The SMILES string of the molecule is OCCCCCCn1ccc2ccc(Cl)cc21. The monoisotopic (exact) mass is 251 g/mol. The maximum Gasteiger partial charge on any atom is 0.0495 e. The van der Waals surface area contributed by atoms with Crippen molar-refractivity contribution in [3.63, 3.8) is 0 Å². The van der Waals surface area contributed by atoms with Crippen LogP contribution in [0.25, 0.3) is 10.9 Å². The highest BCUT2D eigenvalue weighted by Gasteiger charge is 2.01. The minimum absolute atomic E-state index is 0.308. The van der Waals surface area contributed by atoms with Crippen molar-refractivity contribution in [1.29, 1.82) is 0 Å². The number of rotatable bonds is 6. The van der Waals surface area contributed by atoms with Gasteiger partial charge in [-0.25, -0.2) is 0 Å². The van der Waals surface area contributed by atoms with E-state index in [-0.39, 0.29) is 0 Å². The van der Waals surface area contributed by atoms with E-state index in [0.29, 0.717) is 6.61 Å². The molecule has 1 aromatic heterocycles. The van der Waals surface area contributed by atoms with Gasteiger partial charge < -0.3 is 9.67 Å². The first-order valence-corrected chi connectivity index (χ1v) is 6.54. The molecular weight excluding hydrogens is 234 g/mol. The second-order valence-corrected chi connectivity index (χ2v) is 4.79. The highest BCUT2D eigenvalue weighted by atomic mass is 35.5. The third-order valence-corrected chi connectivity index (χ3v) is 3.28. The molecule has 0 radical (unpaired) electrons. The predicted octanol–water partition coefficient (Wildman–Crippen LogP) is 3.85. The Morgan fingerprint density at radius 3 is 2.71 bits per heavy atom. The van der Waals surface area contributed by atoms with Gasteiger partial charge >= 0.3 is 0 Å². The largest absolute Gasteiger partial charge is 0.396 e. The van der Waals surface area contributed by atoms with E-state index in [1.165, 1.54) is 17.3 Å². The zero-order valence-corrected chi connectivity index (χ0v) is 10.7. The molecule has 0 aliphatic rings. The summed E-state index contributed by atoms with van der Waals surface area (Å²) in [6.45, 7) is 1.33. The third-order valence-electron chi connectivity index (χ3n) is 3.04. The molecule has 0 amide bonds. The zero-order chi connectivity index (χ0) is 12.1. The first-order valence-electron chi connectivity index (χ1n) is 6.16. The zero-order valence-electron chi connectivity index (χ0n) is 9.90. The minimum Gasteiger partial charge on any atom is -0.396 e. The smallest absolute Gasteiger partial charge is 0.0495 e. The second kappa shape index (κ2) is 6.08. The number of aliphatic hydroxyl groups is 1. The van der Waals surface area contributed by atoms with Crippen LogP contribution in [-0.4, -0.2) is 16.3 Å². The number of unbranched alkanes of at least 4 members (excludes halogenated alkanes) is 3. The van der Waals surface area contributed by atoms with Gasteiger partial charge in [0.25, 0.3) is 0 Å². The quantitative estimate of drug-likeness (QED) is 0.776. The summed E-state index contributed by atoms with van der Waals surface area (Å²) in [5.74, 6) is 0. The first kappa shape index (κ1) is 12.5. The first-order chi connectivity index (χ1) is 8.31. The average Bonchev–Trinajstić information content (AvgIpc) is 2.72. The number of hydrogen-bond donors (Lipinski definition) is 1. The average molecular weight is 252 g/mol. The van der Waals surface area contributed by atoms with Crippen molar-refractivity contribution in [2.45, 2.75) is 32.2 Å². The van der Waals surface area contributed by atoms with Crippen LogP contribution < -0.4 is 0 Å². The van der Waals surface area contributed by atoms with Gasteiger partial charge in [0.05, 0.1) is 0 Å². The predicted molar refractivity (Wildman–Crippen MR) is 72.5 cm³/mol. The molecule has 0 aliphatic heterocycles. The van der Waals surface area contributed by atoms with E-state index in [4.69, 9.17) is 16.7 Å². The standard InChI is InChI=1S/C14H18ClNO/c15-13-6-5-12-7-9-16(14(12)11-13)8-3-1-2-4-10-17/h5-7,9,11,17H,1-4,8,10H2. The molecule has 0 bridgehead atoms. The molecule has 0 atom stereocenters. The molecule has 1 aromatic carbocycles. The molecule has 2 rings (SSSR count). The fourth-order valence-electron chi connectivity index (χ4n) is 2.10. The van der Waals surface area contributed by atoms with E-state index in [1.807, 2.05) is 12.1 Å². The van der Waals surface area contributed by atoms with Crippen LogP contribution in [0.1, 0.15) is 25.7 Å². The Balaban J connectivity index is 1.96. The number of halogens is 1. The van der Waals surface area contributed by atoms with E-state index in [2.05, 4.69) is 22.9 Å². The Morgan fingerprint density at radius 1 is 1.06 bits per heavy atom. The highest BCUT2D eigenvalue weighted by molar-refractivity contribution is 6.31. The summed E-state index contributed by atoms with van der Waals surface area (Å²) in [5, 5.41) is 10.7. The lowest BCUT2D eigenvalue weighted by molar-refractivity contribution is 0.282. The highest BCUT2D eigenvalue weighted by Crippen LogP contribution is 2.21. The summed E-state index contributed by atoms with van der Waals surface area (Å²) < 4.78 is 2.25. The number of aliphatic hydroxyl groups excluding tert-OH is 1. The molecule has 2 nitrogen and oxygen atoms in total. The summed E-state index contributed by atoms with van der Waals surface area (Å²) >= 11 is 6.01. The van der Waals surface area contributed by atoms with Gasteiger partial charge in [-0.05, 0) is 36.4 Å². The molecule has 3 heteroatoms. The number of aromatic nitrogens is 1. The van der Waals surface area contributed by atoms with E-state index in [0.717, 1.165) is 30.8 Å². The number of aryl methyl sites for hydroxylation is 1. The van der Waals surface area contributed by atoms with Crippen molar-refractivity contribution in [3.05, 3.63) is 35.5 Å². The molecule has 0 unspecified atom stereocenters. The van der Waals surface area contributed by atoms with Crippen LogP contribution in [0.2, 0.25) is 5.02 Å². The molecule has 92 valence electrons. The maximum atomic E-state index is 8.70. The Labute approximate surface area is 107 Å². The van der Waals surface area contributed by atoms with Crippen molar-refractivity contribution < 1.29 is 5.11 Å².